The zero-order valence-corrected chi connectivity index (χ0v) is 28.8. The van der Waals surface area contributed by atoms with Crippen LogP contribution in [0.25, 0.3) is 0 Å². The largest absolute Gasteiger partial charge is 0.449 e. The number of hydrogen-bond donors (Lipinski definition) is 2. The number of aldehydes is 2. The molecule has 2 fully saturated rings. The monoisotopic (exact) mass is 647 g/mol. The van der Waals surface area contributed by atoms with Gasteiger partial charge in [-0.2, -0.15) is 0 Å². The lowest BCUT2D eigenvalue weighted by Crippen LogP contribution is -2.50. The van der Waals surface area contributed by atoms with Crippen molar-refractivity contribution < 1.29 is 38.9 Å². The van der Waals surface area contributed by atoms with E-state index in [1.165, 1.54) is 6.92 Å². The molecule has 2 N–H and O–H groups in total. The molecule has 11 nitrogen and oxygen atoms in total. The summed E-state index contributed by atoms with van der Waals surface area (Å²) in [5.41, 5.74) is -0.709. The Labute approximate surface area is 275 Å². The molecule has 2 heterocycles. The molecular weight excluding hydrogens is 590 g/mol. The lowest BCUT2D eigenvalue weighted by molar-refractivity contribution is -0.111. The SMILES string of the molecule is C/C(=C\C=C\[C@@H](C)COC(=O)N1[C@@H](C)CC[C@@H]1C)[C@@H](C=O)[C@@H](C)/C=C/[C@H](OC(=O)N1CCN(C)CC1)[C@@](C)(O)CC[C@H](O)CC=O. The van der Waals surface area contributed by atoms with Crippen molar-refractivity contribution in [1.29, 1.82) is 0 Å². The summed E-state index contributed by atoms with van der Waals surface area (Å²) in [6.45, 7) is 14.0. The molecule has 2 aliphatic rings. The first-order valence-corrected chi connectivity index (χ1v) is 16.6. The summed E-state index contributed by atoms with van der Waals surface area (Å²) < 4.78 is 11.4. The van der Waals surface area contributed by atoms with Gasteiger partial charge in [0.15, 0.2) is 6.10 Å². The van der Waals surface area contributed by atoms with Gasteiger partial charge < -0.3 is 44.0 Å². The van der Waals surface area contributed by atoms with Crippen molar-refractivity contribution in [2.24, 2.45) is 17.8 Å². The fourth-order valence-corrected chi connectivity index (χ4v) is 5.81. The molecule has 260 valence electrons. The van der Waals surface area contributed by atoms with Gasteiger partial charge in [-0.3, -0.25) is 0 Å². The van der Waals surface area contributed by atoms with Gasteiger partial charge in [-0.25, -0.2) is 9.59 Å². The smallest absolute Gasteiger partial charge is 0.410 e. The molecule has 8 atom stereocenters. The second-order valence-corrected chi connectivity index (χ2v) is 13.5. The number of aliphatic hydroxyl groups excluding tert-OH is 1. The fraction of sp³-hybridized carbons (Fsp3) is 0.714. The van der Waals surface area contributed by atoms with E-state index < -0.39 is 29.8 Å². The molecule has 0 aliphatic carbocycles. The van der Waals surface area contributed by atoms with Crippen molar-refractivity contribution in [3.8, 4) is 0 Å². The van der Waals surface area contributed by atoms with Crippen molar-refractivity contribution in [3.63, 3.8) is 0 Å². The van der Waals surface area contributed by atoms with Crippen molar-refractivity contribution >= 4 is 24.8 Å². The molecule has 2 saturated heterocycles. The third-order valence-electron chi connectivity index (χ3n) is 9.21. The summed E-state index contributed by atoms with van der Waals surface area (Å²) in [4.78, 5) is 54.0. The van der Waals surface area contributed by atoms with E-state index in [4.69, 9.17) is 9.47 Å². The lowest BCUT2D eigenvalue weighted by Gasteiger charge is -2.36. The zero-order valence-electron chi connectivity index (χ0n) is 28.8. The summed E-state index contributed by atoms with van der Waals surface area (Å²) in [7, 11) is 1.98. The maximum atomic E-state index is 13.0. The number of hydrogen-bond acceptors (Lipinski definition) is 9. The lowest BCUT2D eigenvalue weighted by atomic mass is 9.86. The highest BCUT2D eigenvalue weighted by atomic mass is 16.6. The van der Waals surface area contributed by atoms with Crippen LogP contribution in [0.3, 0.4) is 0 Å². The first-order chi connectivity index (χ1) is 21.7. The molecule has 0 radical (unpaired) electrons. The van der Waals surface area contributed by atoms with E-state index >= 15 is 0 Å². The number of carbonyl (C=O) groups is 4. The van der Waals surface area contributed by atoms with Crippen LogP contribution in [0, 0.1) is 17.8 Å². The summed E-state index contributed by atoms with van der Waals surface area (Å²) >= 11 is 0. The van der Waals surface area contributed by atoms with E-state index in [1.807, 2.05) is 59.9 Å². The van der Waals surface area contributed by atoms with Crippen LogP contribution in [0.1, 0.15) is 73.6 Å². The number of likely N-dealkylation sites (N-methyl/N-ethyl adjacent to an activating group) is 1. The van der Waals surface area contributed by atoms with E-state index in [9.17, 15) is 29.4 Å². The van der Waals surface area contributed by atoms with Crippen molar-refractivity contribution in [1.82, 2.24) is 14.7 Å². The normalized spacial score (nSPS) is 24.3. The number of nitrogens with zero attached hydrogens (tertiary/aromatic N) is 3. The van der Waals surface area contributed by atoms with Crippen molar-refractivity contribution in [2.75, 3.05) is 39.8 Å². The van der Waals surface area contributed by atoms with E-state index in [-0.39, 0.29) is 55.9 Å². The Kier molecular flexibility index (Phi) is 16.1. The summed E-state index contributed by atoms with van der Waals surface area (Å²) in [6, 6.07) is 0.365. The number of ether oxygens (including phenoxy) is 2. The average molecular weight is 648 g/mol. The topological polar surface area (TPSA) is 137 Å². The number of rotatable bonds is 16. The van der Waals surface area contributed by atoms with Crippen molar-refractivity contribution in [2.45, 2.75) is 104 Å². The van der Waals surface area contributed by atoms with Crippen LogP contribution in [0.15, 0.2) is 36.0 Å². The molecule has 0 unspecified atom stereocenters. The minimum absolute atomic E-state index is 0.0174. The maximum Gasteiger partial charge on any atom is 0.410 e. The molecule has 2 rings (SSSR count). The highest BCUT2D eigenvalue weighted by Crippen LogP contribution is 2.27. The number of amides is 2. The van der Waals surface area contributed by atoms with Gasteiger partial charge in [-0.1, -0.05) is 43.7 Å². The quantitative estimate of drug-likeness (QED) is 0.142. The van der Waals surface area contributed by atoms with E-state index in [0.29, 0.717) is 32.5 Å². The second kappa shape index (κ2) is 19.0. The average Bonchev–Trinajstić information content (AvgIpc) is 3.35. The summed E-state index contributed by atoms with van der Waals surface area (Å²) in [5.74, 6) is -0.775. The minimum atomic E-state index is -1.53. The number of likely N-dealkylation sites (tertiary alicyclic amines) is 1. The Hall–Kier alpha value is -3.02. The van der Waals surface area contributed by atoms with Crippen LogP contribution in [0.4, 0.5) is 9.59 Å². The highest BCUT2D eigenvalue weighted by molar-refractivity contribution is 5.69. The van der Waals surface area contributed by atoms with E-state index in [2.05, 4.69) is 4.90 Å². The van der Waals surface area contributed by atoms with Crippen LogP contribution < -0.4 is 0 Å². The first-order valence-electron chi connectivity index (χ1n) is 16.6. The molecular formula is C35H57N3O8. The Bertz CT molecular complexity index is 1070. The van der Waals surface area contributed by atoms with Crippen LogP contribution in [-0.2, 0) is 19.1 Å². The predicted octanol–water partition coefficient (Wildman–Crippen LogP) is 4.38. The molecule has 2 aliphatic heterocycles. The van der Waals surface area contributed by atoms with Crippen LogP contribution in [0.5, 0.6) is 0 Å². The standard InChI is InChI=1S/C35H57N3O8/c1-25(24-45-34(43)38-28(4)12-13-29(38)5)9-8-10-26(2)31(23-40)27(3)11-14-32(35(6,44)17-15-30(41)16-22-39)46-33(42)37-20-18-36(7)19-21-37/h8-11,14,22-23,25,27-32,41,44H,12-13,15-21,24H2,1-7H3/b9-8+,14-11+,26-10+/t25-,27+,28+,29+,30+,31-,32+,35+/m1/s1. The number of aliphatic hydroxyl groups is 2. The zero-order chi connectivity index (χ0) is 34.4. The number of allylic oxidation sites excluding steroid dienone is 4. The molecule has 2 amide bonds. The third kappa shape index (κ3) is 12.3. The summed E-state index contributed by atoms with van der Waals surface area (Å²) in [5, 5.41) is 21.4. The Morgan fingerprint density at radius 2 is 1.63 bits per heavy atom. The minimum Gasteiger partial charge on any atom is -0.449 e. The molecule has 0 aromatic carbocycles. The van der Waals surface area contributed by atoms with Gasteiger partial charge >= 0.3 is 12.2 Å². The number of piperazine rings is 1. The van der Waals surface area contributed by atoms with Crippen LogP contribution in [-0.4, -0.2) is 119 Å². The van der Waals surface area contributed by atoms with Gasteiger partial charge in [0.1, 0.15) is 18.2 Å². The highest BCUT2D eigenvalue weighted by Gasteiger charge is 2.36. The summed E-state index contributed by atoms with van der Waals surface area (Å²) in [6.07, 6.45) is 9.91. The number of carbonyl (C=O) groups excluding carboxylic acids is 4. The Balaban J connectivity index is 2.07. The Morgan fingerprint density at radius 3 is 2.22 bits per heavy atom. The first kappa shape index (κ1) is 39.2. The van der Waals surface area contributed by atoms with Gasteiger partial charge in [-0.15, -0.1) is 0 Å². The van der Waals surface area contributed by atoms with E-state index in [1.54, 1.807) is 22.0 Å². The van der Waals surface area contributed by atoms with Gasteiger partial charge in [0.05, 0.1) is 12.7 Å². The second-order valence-electron chi connectivity index (χ2n) is 13.5. The van der Waals surface area contributed by atoms with Gasteiger partial charge in [-0.05, 0) is 72.4 Å². The van der Waals surface area contributed by atoms with Gasteiger partial charge in [0.2, 0.25) is 0 Å². The molecule has 46 heavy (non-hydrogen) atoms. The van der Waals surface area contributed by atoms with Crippen LogP contribution >= 0.6 is 0 Å². The van der Waals surface area contributed by atoms with Crippen molar-refractivity contribution in [3.05, 3.63) is 36.0 Å². The molecule has 0 spiro atoms. The third-order valence-corrected chi connectivity index (χ3v) is 9.21. The Morgan fingerprint density at radius 1 is 1.00 bits per heavy atom. The molecule has 0 aromatic heterocycles. The molecule has 0 bridgehead atoms. The fourth-order valence-electron chi connectivity index (χ4n) is 5.81. The van der Waals surface area contributed by atoms with Crippen LogP contribution in [0.2, 0.25) is 0 Å². The van der Waals surface area contributed by atoms with Gasteiger partial charge in [0.25, 0.3) is 0 Å². The van der Waals surface area contributed by atoms with E-state index in [0.717, 1.165) is 24.7 Å². The predicted molar refractivity (Wildman–Crippen MR) is 177 cm³/mol. The molecule has 0 aromatic rings. The maximum absolute atomic E-state index is 13.0. The molecule has 0 saturated carbocycles. The van der Waals surface area contributed by atoms with Gasteiger partial charge in [0, 0.05) is 56.5 Å². The molecule has 11 heteroatoms.